The zero-order chi connectivity index (χ0) is 20.8. The molecule has 29 heavy (non-hydrogen) atoms. The number of hydrogen-bond acceptors (Lipinski definition) is 4. The summed E-state index contributed by atoms with van der Waals surface area (Å²) in [5.41, 5.74) is 2.77. The molecule has 0 saturated carbocycles. The van der Waals surface area contributed by atoms with Gasteiger partial charge in [-0.05, 0) is 47.4 Å². The molecular formula is C21H21FN2O4S. The van der Waals surface area contributed by atoms with Crippen LogP contribution in [0.5, 0.6) is 0 Å². The summed E-state index contributed by atoms with van der Waals surface area (Å²) in [7, 11) is -3.82. The number of halogens is 1. The Hall–Kier alpha value is -2.55. The zero-order valence-corrected chi connectivity index (χ0v) is 16.7. The second kappa shape index (κ2) is 7.37. The Morgan fingerprint density at radius 1 is 1.03 bits per heavy atom. The normalized spacial score (nSPS) is 18.2. The van der Waals surface area contributed by atoms with E-state index in [1.54, 1.807) is 36.1 Å². The second-order valence-electron chi connectivity index (χ2n) is 7.45. The minimum atomic E-state index is -3.82. The lowest BCUT2D eigenvalue weighted by atomic mass is 10.1. The smallest absolute Gasteiger partial charge is 0.256 e. The molecule has 2 aromatic carbocycles. The molecule has 1 N–H and O–H groups in total. The molecule has 0 saturated heterocycles. The lowest BCUT2D eigenvalue weighted by Gasteiger charge is -2.24. The number of sulfonamides is 1. The van der Waals surface area contributed by atoms with Crippen LogP contribution < -0.4 is 0 Å². The first kappa shape index (κ1) is 19.8. The maximum Gasteiger partial charge on any atom is 0.256 e. The van der Waals surface area contributed by atoms with E-state index in [4.69, 9.17) is 0 Å². The first-order valence-electron chi connectivity index (χ1n) is 9.24. The number of nitrogens with zero attached hydrogens (tertiary/aromatic N) is 2. The molecule has 0 aromatic heterocycles. The summed E-state index contributed by atoms with van der Waals surface area (Å²) in [5, 5.41) is 10.3. The van der Waals surface area contributed by atoms with Crippen molar-refractivity contribution in [2.45, 2.75) is 17.9 Å². The highest BCUT2D eigenvalue weighted by atomic mass is 32.2. The Labute approximate surface area is 168 Å². The molecule has 6 nitrogen and oxygen atoms in total. The Balaban J connectivity index is 1.44. The average Bonchev–Trinajstić information content (AvgIpc) is 3.26. The molecule has 0 radical (unpaired) electrons. The molecule has 4 rings (SSSR count). The number of aliphatic hydroxyl groups is 1. The summed E-state index contributed by atoms with van der Waals surface area (Å²) in [5.74, 6) is -0.990. The first-order chi connectivity index (χ1) is 13.8. The van der Waals surface area contributed by atoms with E-state index in [9.17, 15) is 22.7 Å². The number of rotatable bonds is 4. The van der Waals surface area contributed by atoms with E-state index in [2.05, 4.69) is 0 Å². The number of aryl methyl sites for hydroxylation is 1. The fourth-order valence-electron chi connectivity index (χ4n) is 3.82. The third-order valence-corrected chi connectivity index (χ3v) is 7.08. The van der Waals surface area contributed by atoms with Crippen molar-refractivity contribution in [3.8, 4) is 0 Å². The summed E-state index contributed by atoms with van der Waals surface area (Å²) >= 11 is 0. The number of amides is 1. The van der Waals surface area contributed by atoms with Crippen LogP contribution in [0.1, 0.15) is 17.2 Å². The van der Waals surface area contributed by atoms with Gasteiger partial charge in [0.05, 0.1) is 4.90 Å². The van der Waals surface area contributed by atoms with Gasteiger partial charge in [-0.15, -0.1) is 0 Å². The molecule has 1 atom stereocenters. The van der Waals surface area contributed by atoms with Crippen LogP contribution in [0, 0.1) is 12.7 Å². The number of carbonyl (C=O) groups is 1. The summed E-state index contributed by atoms with van der Waals surface area (Å²) in [6.45, 7) is 2.54. The molecule has 2 aromatic rings. The van der Waals surface area contributed by atoms with E-state index < -0.39 is 27.9 Å². The largest absolute Gasteiger partial charge is 0.378 e. The third-order valence-electron chi connectivity index (χ3n) is 5.31. The molecular weight excluding hydrogens is 395 g/mol. The van der Waals surface area contributed by atoms with Gasteiger partial charge in [0.15, 0.2) is 6.10 Å². The highest BCUT2D eigenvalue weighted by Gasteiger charge is 2.39. The minimum absolute atomic E-state index is 0.0661. The van der Waals surface area contributed by atoms with Gasteiger partial charge in [-0.25, -0.2) is 12.8 Å². The van der Waals surface area contributed by atoms with Crippen molar-refractivity contribution in [2.75, 3.05) is 26.2 Å². The predicted octanol–water partition coefficient (Wildman–Crippen LogP) is 2.01. The number of carbonyl (C=O) groups excluding carboxylic acids is 1. The topological polar surface area (TPSA) is 77.9 Å². The van der Waals surface area contributed by atoms with Crippen molar-refractivity contribution >= 4 is 15.9 Å². The van der Waals surface area contributed by atoms with Crippen molar-refractivity contribution < 1.29 is 22.7 Å². The summed E-state index contributed by atoms with van der Waals surface area (Å²) in [4.78, 5) is 14.1. The first-order valence-corrected chi connectivity index (χ1v) is 10.7. The zero-order valence-electron chi connectivity index (χ0n) is 15.9. The van der Waals surface area contributed by atoms with Gasteiger partial charge in [0.2, 0.25) is 10.0 Å². The van der Waals surface area contributed by atoms with Crippen molar-refractivity contribution in [3.05, 3.63) is 76.6 Å². The van der Waals surface area contributed by atoms with Gasteiger partial charge in [0, 0.05) is 26.2 Å². The molecule has 0 bridgehead atoms. The van der Waals surface area contributed by atoms with Crippen molar-refractivity contribution in [3.63, 3.8) is 0 Å². The Bertz CT molecular complexity index is 1060. The van der Waals surface area contributed by atoms with Crippen LogP contribution in [-0.4, -0.2) is 54.8 Å². The molecule has 2 aliphatic rings. The Kier molecular flexibility index (Phi) is 5.02. The van der Waals surface area contributed by atoms with Crippen molar-refractivity contribution in [1.82, 2.24) is 9.21 Å². The predicted molar refractivity (Wildman–Crippen MR) is 105 cm³/mol. The second-order valence-corrected chi connectivity index (χ2v) is 9.39. The van der Waals surface area contributed by atoms with Gasteiger partial charge in [0.25, 0.3) is 5.91 Å². The van der Waals surface area contributed by atoms with Crippen LogP contribution in [0.3, 0.4) is 0 Å². The van der Waals surface area contributed by atoms with Gasteiger partial charge in [-0.1, -0.05) is 30.3 Å². The Morgan fingerprint density at radius 2 is 1.66 bits per heavy atom. The van der Waals surface area contributed by atoms with Gasteiger partial charge < -0.3 is 10.0 Å². The average molecular weight is 416 g/mol. The third kappa shape index (κ3) is 3.71. The van der Waals surface area contributed by atoms with Crippen LogP contribution in [0.15, 0.2) is 64.6 Å². The molecule has 0 spiro atoms. The molecule has 0 fully saturated rings. The maximum absolute atomic E-state index is 13.7. The summed E-state index contributed by atoms with van der Waals surface area (Å²) in [6, 6.07) is 12.5. The van der Waals surface area contributed by atoms with Crippen LogP contribution in [0.25, 0.3) is 0 Å². The highest BCUT2D eigenvalue weighted by molar-refractivity contribution is 7.89. The molecule has 0 aliphatic carbocycles. The van der Waals surface area contributed by atoms with E-state index in [0.717, 1.165) is 17.2 Å². The van der Waals surface area contributed by atoms with E-state index >= 15 is 0 Å². The Morgan fingerprint density at radius 3 is 2.24 bits per heavy atom. The monoisotopic (exact) mass is 416 g/mol. The van der Waals surface area contributed by atoms with E-state index in [0.29, 0.717) is 11.1 Å². The number of benzene rings is 2. The SMILES string of the molecule is Cc1cc(F)cc(S(=O)(=O)N2CC3=C(CN(C(=O)[C@H](O)c4ccccc4)C3)C2)c1. The highest BCUT2D eigenvalue weighted by Crippen LogP contribution is 2.31. The van der Waals surface area contributed by atoms with Gasteiger partial charge in [-0.3, -0.25) is 4.79 Å². The van der Waals surface area contributed by atoms with E-state index in [1.165, 1.54) is 16.4 Å². The molecule has 0 unspecified atom stereocenters. The van der Waals surface area contributed by atoms with Crippen molar-refractivity contribution in [1.29, 1.82) is 0 Å². The van der Waals surface area contributed by atoms with Gasteiger partial charge >= 0.3 is 0 Å². The van der Waals surface area contributed by atoms with Crippen LogP contribution in [0.4, 0.5) is 4.39 Å². The molecule has 8 heteroatoms. The minimum Gasteiger partial charge on any atom is -0.378 e. The molecule has 152 valence electrons. The molecule has 2 heterocycles. The fourth-order valence-corrected chi connectivity index (χ4v) is 5.37. The molecule has 2 aliphatic heterocycles. The van der Waals surface area contributed by atoms with Crippen LogP contribution in [-0.2, 0) is 14.8 Å². The van der Waals surface area contributed by atoms with Gasteiger partial charge in [0.1, 0.15) is 5.82 Å². The van der Waals surface area contributed by atoms with E-state index in [1.807, 2.05) is 6.07 Å². The standard InChI is InChI=1S/C21H21FN2O4S/c1-14-7-18(22)9-19(8-14)29(27,28)24-12-16-10-23(11-17(16)13-24)21(26)20(25)15-5-3-2-4-6-15/h2-9,20,25H,10-13H2,1H3/t20-/m1/s1. The molecule has 1 amide bonds. The van der Waals surface area contributed by atoms with Crippen LogP contribution in [0.2, 0.25) is 0 Å². The lowest BCUT2D eigenvalue weighted by molar-refractivity contribution is -0.139. The van der Waals surface area contributed by atoms with E-state index in [-0.39, 0.29) is 31.1 Å². The number of hydrogen-bond donors (Lipinski definition) is 1. The summed E-state index contributed by atoms with van der Waals surface area (Å²) < 4.78 is 40.8. The fraction of sp³-hybridized carbons (Fsp3) is 0.286. The lowest BCUT2D eigenvalue weighted by Crippen LogP contribution is -2.38. The summed E-state index contributed by atoms with van der Waals surface area (Å²) in [6.07, 6.45) is -1.24. The van der Waals surface area contributed by atoms with Gasteiger partial charge in [-0.2, -0.15) is 4.31 Å². The maximum atomic E-state index is 13.7. The van der Waals surface area contributed by atoms with Crippen LogP contribution >= 0.6 is 0 Å². The quantitative estimate of drug-likeness (QED) is 0.774. The van der Waals surface area contributed by atoms with Crippen molar-refractivity contribution in [2.24, 2.45) is 0 Å². The number of aliphatic hydroxyl groups excluding tert-OH is 1.